The standard InChI is InChI=1S/C12H12N2/c1-3-9-10-4-2-8-14-12(10)6-5-11(9)13-7-1/h1-4,7-9,11H,5-6H2. The lowest BCUT2D eigenvalue weighted by molar-refractivity contribution is 0.521. The van der Waals surface area contributed by atoms with E-state index >= 15 is 0 Å². The average Bonchev–Trinajstić information content (AvgIpc) is 2.29. The van der Waals surface area contributed by atoms with Crippen LogP contribution in [0.3, 0.4) is 0 Å². The first kappa shape index (κ1) is 7.92. The van der Waals surface area contributed by atoms with E-state index in [1.165, 1.54) is 11.3 Å². The highest BCUT2D eigenvalue weighted by molar-refractivity contribution is 5.73. The summed E-state index contributed by atoms with van der Waals surface area (Å²) in [5, 5.41) is 0. The van der Waals surface area contributed by atoms with Gasteiger partial charge in [-0.25, -0.2) is 0 Å². The van der Waals surface area contributed by atoms with E-state index in [0.29, 0.717) is 12.0 Å². The topological polar surface area (TPSA) is 25.2 Å². The van der Waals surface area contributed by atoms with Crippen LogP contribution in [0.2, 0.25) is 0 Å². The van der Waals surface area contributed by atoms with Crippen LogP contribution in [0.25, 0.3) is 0 Å². The Hall–Kier alpha value is -1.44. The highest BCUT2D eigenvalue weighted by Crippen LogP contribution is 2.34. The van der Waals surface area contributed by atoms with Crippen molar-refractivity contribution in [1.82, 2.24) is 4.98 Å². The second-order valence-corrected chi connectivity index (χ2v) is 3.85. The van der Waals surface area contributed by atoms with Crippen LogP contribution in [0.1, 0.15) is 23.6 Å². The van der Waals surface area contributed by atoms with E-state index in [-0.39, 0.29) is 0 Å². The normalized spacial score (nSPS) is 28.3. The van der Waals surface area contributed by atoms with Crippen molar-refractivity contribution in [3.63, 3.8) is 0 Å². The molecule has 0 aromatic carbocycles. The first-order valence-corrected chi connectivity index (χ1v) is 5.09. The first-order chi connectivity index (χ1) is 6.95. The van der Waals surface area contributed by atoms with Gasteiger partial charge in [0.05, 0.1) is 6.04 Å². The Balaban J connectivity index is 2.09. The largest absolute Gasteiger partial charge is 0.289 e. The molecule has 70 valence electrons. The van der Waals surface area contributed by atoms with Gasteiger partial charge in [-0.15, -0.1) is 0 Å². The van der Waals surface area contributed by atoms with Crippen LogP contribution >= 0.6 is 0 Å². The maximum atomic E-state index is 4.51. The molecule has 0 bridgehead atoms. The average molecular weight is 184 g/mol. The maximum Gasteiger partial charge on any atom is 0.0607 e. The van der Waals surface area contributed by atoms with E-state index in [4.69, 9.17) is 0 Å². The fraction of sp³-hybridized carbons (Fsp3) is 0.333. The highest BCUT2D eigenvalue weighted by atomic mass is 14.8. The Morgan fingerprint density at radius 1 is 1.36 bits per heavy atom. The van der Waals surface area contributed by atoms with Gasteiger partial charge in [0.25, 0.3) is 0 Å². The zero-order valence-corrected chi connectivity index (χ0v) is 7.93. The number of aliphatic imine (C=N–C) groups is 1. The van der Waals surface area contributed by atoms with Crippen molar-refractivity contribution in [2.24, 2.45) is 4.99 Å². The zero-order chi connectivity index (χ0) is 9.38. The molecule has 1 aromatic heterocycles. The quantitative estimate of drug-likeness (QED) is 0.606. The van der Waals surface area contributed by atoms with Crippen LogP contribution in [0.5, 0.6) is 0 Å². The van der Waals surface area contributed by atoms with Crippen molar-refractivity contribution >= 4 is 6.21 Å². The van der Waals surface area contributed by atoms with Crippen LogP contribution in [0.15, 0.2) is 35.5 Å². The minimum atomic E-state index is 0.455. The lowest BCUT2D eigenvalue weighted by atomic mass is 9.81. The maximum absolute atomic E-state index is 4.51. The predicted octanol–water partition coefficient (Wildman–Crippen LogP) is 2.12. The number of hydrogen-bond donors (Lipinski definition) is 0. The summed E-state index contributed by atoms with van der Waals surface area (Å²) in [7, 11) is 0. The molecule has 2 unspecified atom stereocenters. The molecule has 0 fully saturated rings. The zero-order valence-electron chi connectivity index (χ0n) is 7.93. The fourth-order valence-corrected chi connectivity index (χ4v) is 2.36. The van der Waals surface area contributed by atoms with Crippen molar-refractivity contribution in [3.05, 3.63) is 41.7 Å². The molecule has 0 N–H and O–H groups in total. The third kappa shape index (κ3) is 1.10. The number of pyridine rings is 1. The van der Waals surface area contributed by atoms with Gasteiger partial charge >= 0.3 is 0 Å². The second kappa shape index (κ2) is 3.05. The molecule has 1 aliphatic heterocycles. The van der Waals surface area contributed by atoms with Gasteiger partial charge in [-0.1, -0.05) is 12.1 Å². The van der Waals surface area contributed by atoms with E-state index in [9.17, 15) is 0 Å². The Bertz CT molecular complexity index is 407. The van der Waals surface area contributed by atoms with Gasteiger partial charge in [0.2, 0.25) is 0 Å². The van der Waals surface area contributed by atoms with E-state index < -0.39 is 0 Å². The number of aryl methyl sites for hydroxylation is 1. The minimum absolute atomic E-state index is 0.455. The summed E-state index contributed by atoms with van der Waals surface area (Å²) < 4.78 is 0. The molecule has 1 aliphatic carbocycles. The molecule has 0 saturated heterocycles. The second-order valence-electron chi connectivity index (χ2n) is 3.85. The molecule has 2 aliphatic rings. The molecule has 1 aromatic rings. The smallest absolute Gasteiger partial charge is 0.0607 e. The van der Waals surface area contributed by atoms with Gasteiger partial charge in [-0.3, -0.25) is 9.98 Å². The third-order valence-corrected chi connectivity index (χ3v) is 3.06. The molecule has 2 nitrogen and oxygen atoms in total. The van der Waals surface area contributed by atoms with Gasteiger partial charge in [0.1, 0.15) is 0 Å². The summed E-state index contributed by atoms with van der Waals surface area (Å²) >= 11 is 0. The Morgan fingerprint density at radius 3 is 3.36 bits per heavy atom. The summed E-state index contributed by atoms with van der Waals surface area (Å²) in [6.07, 6.45) is 10.3. The summed E-state index contributed by atoms with van der Waals surface area (Å²) in [4.78, 5) is 8.94. The van der Waals surface area contributed by atoms with Crippen LogP contribution < -0.4 is 0 Å². The van der Waals surface area contributed by atoms with Gasteiger partial charge in [-0.05, 0) is 30.5 Å². The molecule has 2 heteroatoms. The Labute approximate surface area is 83.4 Å². The van der Waals surface area contributed by atoms with Crippen LogP contribution in [0, 0.1) is 0 Å². The van der Waals surface area contributed by atoms with Gasteiger partial charge in [-0.2, -0.15) is 0 Å². The van der Waals surface area contributed by atoms with Crippen molar-refractivity contribution in [3.8, 4) is 0 Å². The molecular formula is C12H12N2. The van der Waals surface area contributed by atoms with Crippen molar-refractivity contribution in [2.45, 2.75) is 24.8 Å². The molecule has 14 heavy (non-hydrogen) atoms. The van der Waals surface area contributed by atoms with Crippen molar-refractivity contribution in [1.29, 1.82) is 0 Å². The summed E-state index contributed by atoms with van der Waals surface area (Å²) in [6.45, 7) is 0. The number of aromatic nitrogens is 1. The van der Waals surface area contributed by atoms with Crippen LogP contribution in [-0.4, -0.2) is 17.2 Å². The molecule has 0 amide bonds. The highest BCUT2D eigenvalue weighted by Gasteiger charge is 2.28. The molecule has 0 saturated carbocycles. The van der Waals surface area contributed by atoms with Gasteiger partial charge in [0, 0.05) is 24.0 Å². The van der Waals surface area contributed by atoms with Crippen LogP contribution in [-0.2, 0) is 6.42 Å². The lowest BCUT2D eigenvalue weighted by Gasteiger charge is -2.29. The van der Waals surface area contributed by atoms with Crippen molar-refractivity contribution < 1.29 is 0 Å². The SMILES string of the molecule is C1=CC2c3cccnc3CCC2N=C1. The number of hydrogen-bond acceptors (Lipinski definition) is 2. The van der Waals surface area contributed by atoms with E-state index in [2.05, 4.69) is 22.1 Å². The molecule has 0 radical (unpaired) electrons. The Morgan fingerprint density at radius 2 is 2.36 bits per heavy atom. The van der Waals surface area contributed by atoms with E-state index in [1.807, 2.05) is 24.6 Å². The van der Waals surface area contributed by atoms with Gasteiger partial charge in [0.15, 0.2) is 0 Å². The van der Waals surface area contributed by atoms with Crippen molar-refractivity contribution in [2.75, 3.05) is 0 Å². The molecule has 3 rings (SSSR count). The number of rotatable bonds is 0. The fourth-order valence-electron chi connectivity index (χ4n) is 2.36. The summed E-state index contributed by atoms with van der Waals surface area (Å²) in [5.41, 5.74) is 2.63. The number of fused-ring (bicyclic) bond motifs is 3. The number of dihydropyridines is 1. The summed E-state index contributed by atoms with van der Waals surface area (Å²) in [6, 6.07) is 4.66. The molecular weight excluding hydrogens is 172 g/mol. The van der Waals surface area contributed by atoms with E-state index in [1.54, 1.807) is 0 Å². The van der Waals surface area contributed by atoms with E-state index in [0.717, 1.165) is 12.8 Å². The molecule has 0 spiro atoms. The predicted molar refractivity (Wildman–Crippen MR) is 56.7 cm³/mol. The number of allylic oxidation sites excluding steroid dienone is 1. The van der Waals surface area contributed by atoms with Gasteiger partial charge < -0.3 is 0 Å². The molecule has 2 heterocycles. The molecule has 2 atom stereocenters. The summed E-state index contributed by atoms with van der Waals surface area (Å²) in [5.74, 6) is 0.470. The Kier molecular flexibility index (Phi) is 1.72. The minimum Gasteiger partial charge on any atom is -0.289 e. The third-order valence-electron chi connectivity index (χ3n) is 3.06. The van der Waals surface area contributed by atoms with Crippen LogP contribution in [0.4, 0.5) is 0 Å². The lowest BCUT2D eigenvalue weighted by Crippen LogP contribution is -2.25. The first-order valence-electron chi connectivity index (χ1n) is 5.09. The monoisotopic (exact) mass is 184 g/mol. The number of nitrogens with zero attached hydrogens (tertiary/aromatic N) is 2.